The van der Waals surface area contributed by atoms with Crippen molar-refractivity contribution >= 4 is 11.3 Å². The Hall–Kier alpha value is -0.410. The zero-order valence-corrected chi connectivity index (χ0v) is 10.8. The molecule has 0 radical (unpaired) electrons. The predicted molar refractivity (Wildman–Crippen MR) is 65.3 cm³/mol. The second-order valence-corrected chi connectivity index (χ2v) is 5.82. The molecule has 84 valence electrons. The number of thiazole rings is 1. The van der Waals surface area contributed by atoms with Gasteiger partial charge >= 0.3 is 0 Å². The third-order valence-corrected chi connectivity index (χ3v) is 4.50. The van der Waals surface area contributed by atoms with Crippen LogP contribution in [0.5, 0.6) is 0 Å². The summed E-state index contributed by atoms with van der Waals surface area (Å²) in [6.07, 6.45) is 2.67. The van der Waals surface area contributed by atoms with Gasteiger partial charge in [0.25, 0.3) is 0 Å². The minimum absolute atomic E-state index is 0.470. The molecule has 1 saturated carbocycles. The van der Waals surface area contributed by atoms with Crippen molar-refractivity contribution in [3.63, 3.8) is 0 Å². The lowest BCUT2D eigenvalue weighted by Crippen LogP contribution is -2.22. The Kier molecular flexibility index (Phi) is 3.12. The van der Waals surface area contributed by atoms with E-state index in [2.05, 4.69) is 38.0 Å². The van der Waals surface area contributed by atoms with Crippen LogP contribution in [0.15, 0.2) is 0 Å². The number of nitrogens with zero attached hydrogens (tertiary/aromatic N) is 1. The maximum Gasteiger partial charge on any atom is 0.0900 e. The van der Waals surface area contributed by atoms with Crippen molar-refractivity contribution in [2.45, 2.75) is 52.6 Å². The summed E-state index contributed by atoms with van der Waals surface area (Å²) in [5.74, 6) is 0.918. The van der Waals surface area contributed by atoms with E-state index in [1.165, 1.54) is 28.4 Å². The lowest BCUT2D eigenvalue weighted by Gasteiger charge is -2.12. The summed E-state index contributed by atoms with van der Waals surface area (Å²) in [6, 6.07) is 1.23. The first kappa shape index (κ1) is 11.1. The standard InChI is InChI=1S/C12H20N2S/c1-5-10-6-11(10)14-8(3)12-7(2)13-9(4)15-12/h8,10-11,14H,5-6H2,1-4H3. The molecule has 0 aromatic carbocycles. The second kappa shape index (κ2) is 4.22. The lowest BCUT2D eigenvalue weighted by atomic mass is 10.2. The molecule has 0 spiro atoms. The van der Waals surface area contributed by atoms with Crippen molar-refractivity contribution < 1.29 is 0 Å². The summed E-state index contributed by atoms with van der Waals surface area (Å²) in [5.41, 5.74) is 1.20. The molecule has 1 fully saturated rings. The monoisotopic (exact) mass is 224 g/mol. The summed E-state index contributed by atoms with van der Waals surface area (Å²) in [6.45, 7) is 8.73. The van der Waals surface area contributed by atoms with Crippen LogP contribution in [0.25, 0.3) is 0 Å². The van der Waals surface area contributed by atoms with Crippen molar-refractivity contribution in [1.29, 1.82) is 0 Å². The van der Waals surface area contributed by atoms with Gasteiger partial charge in [-0.25, -0.2) is 4.98 Å². The molecule has 1 aliphatic carbocycles. The van der Waals surface area contributed by atoms with Crippen LogP contribution in [0.3, 0.4) is 0 Å². The molecule has 2 rings (SSSR count). The Labute approximate surface area is 96.1 Å². The van der Waals surface area contributed by atoms with Gasteiger partial charge in [-0.3, -0.25) is 0 Å². The summed E-state index contributed by atoms with van der Waals surface area (Å²) >= 11 is 1.83. The van der Waals surface area contributed by atoms with Gasteiger partial charge in [0, 0.05) is 17.0 Å². The molecular formula is C12H20N2S. The van der Waals surface area contributed by atoms with Crippen LogP contribution in [0, 0.1) is 19.8 Å². The molecule has 15 heavy (non-hydrogen) atoms. The first-order valence-electron chi connectivity index (χ1n) is 5.81. The van der Waals surface area contributed by atoms with Gasteiger partial charge in [0.2, 0.25) is 0 Å². The van der Waals surface area contributed by atoms with Crippen LogP contribution in [0.4, 0.5) is 0 Å². The maximum absolute atomic E-state index is 4.48. The number of aromatic nitrogens is 1. The predicted octanol–water partition coefficient (Wildman–Crippen LogP) is 3.21. The van der Waals surface area contributed by atoms with Gasteiger partial charge in [0.1, 0.15) is 0 Å². The topological polar surface area (TPSA) is 24.9 Å². The molecule has 1 aromatic rings. The number of rotatable bonds is 4. The second-order valence-electron chi connectivity index (χ2n) is 4.58. The van der Waals surface area contributed by atoms with E-state index in [4.69, 9.17) is 0 Å². The molecule has 2 nitrogen and oxygen atoms in total. The summed E-state index contributed by atoms with van der Waals surface area (Å²) < 4.78 is 0. The molecule has 0 bridgehead atoms. The van der Waals surface area contributed by atoms with Crippen LogP contribution in [-0.4, -0.2) is 11.0 Å². The van der Waals surface area contributed by atoms with Gasteiger partial charge in [-0.05, 0) is 33.1 Å². The van der Waals surface area contributed by atoms with E-state index < -0.39 is 0 Å². The summed E-state index contributed by atoms with van der Waals surface area (Å²) in [5, 5.41) is 4.88. The highest BCUT2D eigenvalue weighted by Crippen LogP contribution is 2.36. The van der Waals surface area contributed by atoms with Crippen molar-refractivity contribution in [1.82, 2.24) is 10.3 Å². The largest absolute Gasteiger partial charge is 0.306 e. The van der Waals surface area contributed by atoms with E-state index in [0.717, 1.165) is 12.0 Å². The van der Waals surface area contributed by atoms with Crippen LogP contribution < -0.4 is 5.32 Å². The highest BCUT2D eigenvalue weighted by atomic mass is 32.1. The van der Waals surface area contributed by atoms with Gasteiger partial charge in [0.15, 0.2) is 0 Å². The molecule has 0 amide bonds. The fourth-order valence-corrected chi connectivity index (χ4v) is 3.19. The van der Waals surface area contributed by atoms with Crippen LogP contribution in [0.1, 0.15) is 48.3 Å². The number of hydrogen-bond donors (Lipinski definition) is 1. The van der Waals surface area contributed by atoms with Crippen LogP contribution >= 0.6 is 11.3 Å². The minimum atomic E-state index is 0.470. The van der Waals surface area contributed by atoms with E-state index in [1.54, 1.807) is 0 Å². The Bertz CT molecular complexity index is 345. The van der Waals surface area contributed by atoms with Crippen molar-refractivity contribution in [3.8, 4) is 0 Å². The van der Waals surface area contributed by atoms with Gasteiger partial charge in [-0.2, -0.15) is 0 Å². The zero-order chi connectivity index (χ0) is 11.0. The van der Waals surface area contributed by atoms with Crippen LogP contribution in [0.2, 0.25) is 0 Å². The third kappa shape index (κ3) is 2.40. The number of hydrogen-bond acceptors (Lipinski definition) is 3. The zero-order valence-electron chi connectivity index (χ0n) is 10.0. The highest BCUT2D eigenvalue weighted by molar-refractivity contribution is 7.11. The van der Waals surface area contributed by atoms with E-state index in [-0.39, 0.29) is 0 Å². The van der Waals surface area contributed by atoms with Gasteiger partial charge < -0.3 is 5.32 Å². The number of nitrogens with one attached hydrogen (secondary N) is 1. The molecular weight excluding hydrogens is 204 g/mol. The quantitative estimate of drug-likeness (QED) is 0.849. The summed E-state index contributed by atoms with van der Waals surface area (Å²) in [4.78, 5) is 5.89. The third-order valence-electron chi connectivity index (χ3n) is 3.24. The Morgan fingerprint density at radius 1 is 1.53 bits per heavy atom. The molecule has 1 heterocycles. The minimum Gasteiger partial charge on any atom is -0.306 e. The fourth-order valence-electron chi connectivity index (χ4n) is 2.25. The van der Waals surface area contributed by atoms with E-state index in [0.29, 0.717) is 6.04 Å². The molecule has 1 aromatic heterocycles. The van der Waals surface area contributed by atoms with E-state index in [1.807, 2.05) is 11.3 Å². The average Bonchev–Trinajstić information content (AvgIpc) is 2.83. The molecule has 1 N–H and O–H groups in total. The van der Waals surface area contributed by atoms with Gasteiger partial charge in [0.05, 0.1) is 10.7 Å². The maximum atomic E-state index is 4.48. The Balaban J connectivity index is 1.96. The molecule has 3 atom stereocenters. The first-order chi connectivity index (χ1) is 7.11. The average molecular weight is 224 g/mol. The van der Waals surface area contributed by atoms with Crippen molar-refractivity contribution in [2.24, 2.45) is 5.92 Å². The molecule has 0 aliphatic heterocycles. The van der Waals surface area contributed by atoms with E-state index >= 15 is 0 Å². The Morgan fingerprint density at radius 2 is 2.27 bits per heavy atom. The normalized spacial score (nSPS) is 26.7. The van der Waals surface area contributed by atoms with Crippen molar-refractivity contribution in [2.75, 3.05) is 0 Å². The molecule has 3 unspecified atom stereocenters. The molecule has 0 saturated heterocycles. The fraction of sp³-hybridized carbons (Fsp3) is 0.750. The Morgan fingerprint density at radius 3 is 2.73 bits per heavy atom. The smallest absolute Gasteiger partial charge is 0.0900 e. The van der Waals surface area contributed by atoms with Crippen LogP contribution in [-0.2, 0) is 0 Å². The molecule has 1 aliphatic rings. The van der Waals surface area contributed by atoms with E-state index in [9.17, 15) is 0 Å². The van der Waals surface area contributed by atoms with Crippen molar-refractivity contribution in [3.05, 3.63) is 15.6 Å². The first-order valence-corrected chi connectivity index (χ1v) is 6.63. The summed E-state index contributed by atoms with van der Waals surface area (Å²) in [7, 11) is 0. The van der Waals surface area contributed by atoms with Gasteiger partial charge in [-0.15, -0.1) is 11.3 Å². The SMILES string of the molecule is CCC1CC1NC(C)c1sc(C)nc1C. The molecule has 3 heteroatoms. The van der Waals surface area contributed by atoms with Gasteiger partial charge in [-0.1, -0.05) is 13.3 Å². The number of aryl methyl sites for hydroxylation is 2. The highest BCUT2D eigenvalue weighted by Gasteiger charge is 2.36. The lowest BCUT2D eigenvalue weighted by molar-refractivity contribution is 0.543.